The van der Waals surface area contributed by atoms with E-state index in [-0.39, 0.29) is 30.2 Å². The average molecular weight is 294 g/mol. The number of rotatable bonds is 6. The first kappa shape index (κ1) is 15.5. The van der Waals surface area contributed by atoms with Crippen molar-refractivity contribution in [1.29, 1.82) is 0 Å². The van der Waals surface area contributed by atoms with Gasteiger partial charge in [-0.2, -0.15) is 0 Å². The van der Waals surface area contributed by atoms with Crippen molar-refractivity contribution in [3.8, 4) is 0 Å². The third-order valence-corrected chi connectivity index (χ3v) is 4.09. The molecule has 21 heavy (non-hydrogen) atoms. The molecule has 1 saturated carbocycles. The number of hydrogen-bond donors (Lipinski definition) is 1. The lowest BCUT2D eigenvalue weighted by Gasteiger charge is -2.33. The van der Waals surface area contributed by atoms with Gasteiger partial charge in [-0.25, -0.2) is 9.78 Å². The van der Waals surface area contributed by atoms with Crippen molar-refractivity contribution < 1.29 is 19.1 Å². The lowest BCUT2D eigenvalue weighted by molar-refractivity contribution is -0.134. The zero-order valence-corrected chi connectivity index (χ0v) is 12.4. The molecule has 1 amide bonds. The number of carboxylic acids is 1. The van der Waals surface area contributed by atoms with Crippen LogP contribution in [0.15, 0.2) is 10.8 Å². The summed E-state index contributed by atoms with van der Waals surface area (Å²) in [4.78, 5) is 28.9. The molecule has 1 aromatic heterocycles. The zero-order valence-electron chi connectivity index (χ0n) is 12.4. The summed E-state index contributed by atoms with van der Waals surface area (Å²) in [6, 6.07) is 0.338. The molecule has 0 saturated heterocycles. The number of carboxylic acid groups (broad SMARTS) is 1. The predicted octanol–water partition coefficient (Wildman–Crippen LogP) is 2.49. The highest BCUT2D eigenvalue weighted by molar-refractivity contribution is 5.86. The molecule has 1 fully saturated rings. The van der Waals surface area contributed by atoms with Gasteiger partial charge in [-0.05, 0) is 19.8 Å². The summed E-state index contributed by atoms with van der Waals surface area (Å²) in [6.45, 7) is 2.69. The molecule has 6 nitrogen and oxygen atoms in total. The van der Waals surface area contributed by atoms with E-state index < -0.39 is 5.97 Å². The molecule has 1 aliphatic carbocycles. The van der Waals surface area contributed by atoms with Crippen LogP contribution in [0.4, 0.5) is 0 Å². The first-order valence-electron chi connectivity index (χ1n) is 7.58. The van der Waals surface area contributed by atoms with E-state index in [1.54, 1.807) is 0 Å². The van der Waals surface area contributed by atoms with Gasteiger partial charge in [0, 0.05) is 25.4 Å². The molecule has 0 spiro atoms. The molecule has 1 aliphatic rings. The van der Waals surface area contributed by atoms with Crippen LogP contribution in [0.3, 0.4) is 0 Å². The number of nitrogens with zero attached hydrogens (tertiary/aromatic N) is 2. The third kappa shape index (κ3) is 3.83. The molecule has 6 heteroatoms. The first-order chi connectivity index (χ1) is 10.1. The Bertz CT molecular complexity index is 492. The van der Waals surface area contributed by atoms with Crippen LogP contribution < -0.4 is 0 Å². The van der Waals surface area contributed by atoms with Crippen LogP contribution in [0.1, 0.15) is 61.7 Å². The Hall–Kier alpha value is -1.85. The topological polar surface area (TPSA) is 83.6 Å². The normalized spacial score (nSPS) is 15.9. The Morgan fingerprint density at radius 3 is 2.71 bits per heavy atom. The number of aromatic carboxylic acids is 1. The van der Waals surface area contributed by atoms with Crippen LogP contribution in [0.5, 0.6) is 0 Å². The molecule has 116 valence electrons. The number of amides is 1. The maximum atomic E-state index is 12.4. The maximum Gasteiger partial charge on any atom is 0.358 e. The van der Waals surface area contributed by atoms with Gasteiger partial charge in [-0.15, -0.1) is 0 Å². The van der Waals surface area contributed by atoms with Gasteiger partial charge in [-0.3, -0.25) is 4.79 Å². The van der Waals surface area contributed by atoms with E-state index in [0.717, 1.165) is 19.2 Å². The number of aryl methyl sites for hydroxylation is 1. The van der Waals surface area contributed by atoms with Crippen molar-refractivity contribution in [2.75, 3.05) is 6.54 Å². The van der Waals surface area contributed by atoms with E-state index in [0.29, 0.717) is 12.6 Å². The number of carbonyl (C=O) groups is 2. The van der Waals surface area contributed by atoms with Crippen molar-refractivity contribution in [3.05, 3.63) is 17.8 Å². The highest BCUT2D eigenvalue weighted by Gasteiger charge is 2.25. The molecule has 0 radical (unpaired) electrons. The number of oxazole rings is 1. The monoisotopic (exact) mass is 294 g/mol. The minimum atomic E-state index is -1.12. The molecule has 0 atom stereocenters. The van der Waals surface area contributed by atoms with Crippen molar-refractivity contribution >= 4 is 11.9 Å². The fraction of sp³-hybridized carbons (Fsp3) is 0.667. The van der Waals surface area contributed by atoms with E-state index in [4.69, 9.17) is 9.52 Å². The summed E-state index contributed by atoms with van der Waals surface area (Å²) in [5.74, 6) is -0.779. The largest absolute Gasteiger partial charge is 0.476 e. The van der Waals surface area contributed by atoms with Gasteiger partial charge in [0.15, 0.2) is 12.1 Å². The maximum absolute atomic E-state index is 12.4. The quantitative estimate of drug-likeness (QED) is 0.871. The molecular formula is C15H22N2O4. The van der Waals surface area contributed by atoms with Crippen LogP contribution in [0.2, 0.25) is 0 Å². The Kier molecular flexibility index (Phi) is 5.36. The Morgan fingerprint density at radius 2 is 2.10 bits per heavy atom. The van der Waals surface area contributed by atoms with E-state index in [9.17, 15) is 9.59 Å². The summed E-state index contributed by atoms with van der Waals surface area (Å²) in [7, 11) is 0. The minimum absolute atomic E-state index is 0.0668. The summed E-state index contributed by atoms with van der Waals surface area (Å²) < 4.78 is 5.07. The zero-order chi connectivity index (χ0) is 15.2. The Labute approximate surface area is 124 Å². The van der Waals surface area contributed by atoms with Gasteiger partial charge in [0.1, 0.15) is 5.76 Å². The van der Waals surface area contributed by atoms with Gasteiger partial charge in [-0.1, -0.05) is 19.3 Å². The Morgan fingerprint density at radius 1 is 1.38 bits per heavy atom. The highest BCUT2D eigenvalue weighted by Crippen LogP contribution is 2.23. The fourth-order valence-electron chi connectivity index (χ4n) is 3.02. The Balaban J connectivity index is 1.93. The van der Waals surface area contributed by atoms with Crippen molar-refractivity contribution in [2.24, 2.45) is 0 Å². The highest BCUT2D eigenvalue weighted by atomic mass is 16.4. The fourth-order valence-corrected chi connectivity index (χ4v) is 3.02. The molecular weight excluding hydrogens is 272 g/mol. The van der Waals surface area contributed by atoms with Crippen molar-refractivity contribution in [3.63, 3.8) is 0 Å². The first-order valence-corrected chi connectivity index (χ1v) is 7.58. The SMILES string of the molecule is CCN(C(=O)CCc1ocnc1C(=O)O)C1CCCCC1. The molecule has 0 unspecified atom stereocenters. The second-order valence-electron chi connectivity index (χ2n) is 5.40. The van der Waals surface area contributed by atoms with Crippen LogP contribution in [0.25, 0.3) is 0 Å². The van der Waals surface area contributed by atoms with Gasteiger partial charge in [0.2, 0.25) is 5.91 Å². The van der Waals surface area contributed by atoms with E-state index in [1.807, 2.05) is 11.8 Å². The van der Waals surface area contributed by atoms with Crippen molar-refractivity contribution in [1.82, 2.24) is 9.88 Å². The second kappa shape index (κ2) is 7.24. The average Bonchev–Trinajstić information content (AvgIpc) is 2.95. The summed E-state index contributed by atoms with van der Waals surface area (Å²) in [6.07, 6.45) is 7.41. The van der Waals surface area contributed by atoms with Crippen LogP contribution >= 0.6 is 0 Å². The van der Waals surface area contributed by atoms with Gasteiger partial charge in [0.25, 0.3) is 0 Å². The molecule has 2 rings (SSSR count). The number of carbonyl (C=O) groups excluding carboxylic acids is 1. The number of aromatic nitrogens is 1. The molecule has 0 bridgehead atoms. The minimum Gasteiger partial charge on any atom is -0.476 e. The summed E-state index contributed by atoms with van der Waals surface area (Å²) >= 11 is 0. The molecule has 0 aliphatic heterocycles. The summed E-state index contributed by atoms with van der Waals surface area (Å²) in [5, 5.41) is 8.96. The van der Waals surface area contributed by atoms with Gasteiger partial charge in [0.05, 0.1) is 0 Å². The number of hydrogen-bond acceptors (Lipinski definition) is 4. The van der Waals surface area contributed by atoms with Crippen LogP contribution in [0, 0.1) is 0 Å². The van der Waals surface area contributed by atoms with Gasteiger partial charge >= 0.3 is 5.97 Å². The lowest BCUT2D eigenvalue weighted by atomic mass is 9.94. The predicted molar refractivity (Wildman–Crippen MR) is 76.0 cm³/mol. The smallest absolute Gasteiger partial charge is 0.358 e. The molecule has 1 N–H and O–H groups in total. The molecule has 1 heterocycles. The van der Waals surface area contributed by atoms with E-state index in [2.05, 4.69) is 4.98 Å². The summed E-state index contributed by atoms with van der Waals surface area (Å²) in [5.41, 5.74) is -0.0940. The van der Waals surface area contributed by atoms with Crippen LogP contribution in [-0.4, -0.2) is 39.5 Å². The van der Waals surface area contributed by atoms with E-state index >= 15 is 0 Å². The molecule has 0 aromatic carbocycles. The second-order valence-corrected chi connectivity index (χ2v) is 5.40. The van der Waals surface area contributed by atoms with Crippen LogP contribution in [-0.2, 0) is 11.2 Å². The third-order valence-electron chi connectivity index (χ3n) is 4.09. The van der Waals surface area contributed by atoms with E-state index in [1.165, 1.54) is 19.3 Å². The molecule has 1 aromatic rings. The van der Waals surface area contributed by atoms with Gasteiger partial charge < -0.3 is 14.4 Å². The standard InChI is InChI=1S/C15H22N2O4/c1-2-17(11-6-4-3-5-7-11)13(18)9-8-12-14(15(19)20)16-10-21-12/h10-11H,2-9H2,1H3,(H,19,20). The van der Waals surface area contributed by atoms with Crippen molar-refractivity contribution in [2.45, 2.75) is 57.9 Å². The lowest BCUT2D eigenvalue weighted by Crippen LogP contribution is -2.41.